The van der Waals surface area contributed by atoms with Crippen LogP contribution in [-0.2, 0) is 9.53 Å². The maximum absolute atomic E-state index is 12.9. The van der Waals surface area contributed by atoms with Crippen molar-refractivity contribution >= 4 is 5.97 Å². The summed E-state index contributed by atoms with van der Waals surface area (Å²) in [5, 5.41) is 0. The van der Waals surface area contributed by atoms with Crippen molar-refractivity contribution in [3.05, 3.63) is 0 Å². The van der Waals surface area contributed by atoms with Crippen molar-refractivity contribution in [2.75, 3.05) is 0 Å². The second-order valence-corrected chi connectivity index (χ2v) is 6.59. The number of carbonyl (C=O) groups excluding carboxylic acids is 1. The first kappa shape index (κ1) is 23.2. The topological polar surface area (TPSA) is 52.3 Å². The molecule has 0 rings (SSSR count). The molecular weight excluding hydrogens is 319 g/mol. The predicted octanol–water partition coefficient (Wildman–Crippen LogP) is 5.36. The first-order valence-electron chi connectivity index (χ1n) is 9.26. The Bertz CT molecular complexity index is 335. The van der Waals surface area contributed by atoms with Crippen LogP contribution < -0.4 is 5.73 Å². The quantitative estimate of drug-likeness (QED) is 0.358. The number of ether oxygens (including phenoxy) is 1. The number of hydrogen-bond donors (Lipinski definition) is 1. The second-order valence-electron chi connectivity index (χ2n) is 6.59. The number of hydrogen-bond acceptors (Lipinski definition) is 3. The molecule has 24 heavy (non-hydrogen) atoms. The van der Waals surface area contributed by atoms with Crippen LogP contribution >= 0.6 is 0 Å². The third-order valence-electron chi connectivity index (χ3n) is 4.38. The van der Waals surface area contributed by atoms with Gasteiger partial charge >= 0.3 is 12.1 Å². The molecule has 0 radical (unpaired) electrons. The molecule has 0 saturated carbocycles. The molecule has 0 aliphatic rings. The molecule has 3 nitrogen and oxygen atoms in total. The lowest BCUT2D eigenvalue weighted by Gasteiger charge is -2.25. The first-order valence-corrected chi connectivity index (χ1v) is 9.26. The molecule has 0 amide bonds. The Morgan fingerprint density at radius 3 is 1.96 bits per heavy atom. The lowest BCUT2D eigenvalue weighted by atomic mass is 9.93. The van der Waals surface area contributed by atoms with Gasteiger partial charge in [-0.15, -0.1) is 0 Å². The Morgan fingerprint density at radius 2 is 1.50 bits per heavy atom. The maximum atomic E-state index is 12.9. The van der Waals surface area contributed by atoms with E-state index in [2.05, 4.69) is 6.92 Å². The van der Waals surface area contributed by atoms with E-state index in [1.54, 1.807) is 6.92 Å². The highest BCUT2D eigenvalue weighted by molar-refractivity contribution is 5.73. The number of esters is 1. The predicted molar refractivity (Wildman–Crippen MR) is 90.6 cm³/mol. The van der Waals surface area contributed by atoms with E-state index in [0.29, 0.717) is 12.8 Å². The number of alkyl halides is 3. The third kappa shape index (κ3) is 10.2. The molecule has 0 fully saturated rings. The third-order valence-corrected chi connectivity index (χ3v) is 4.38. The van der Waals surface area contributed by atoms with E-state index in [0.717, 1.165) is 25.7 Å². The van der Waals surface area contributed by atoms with Gasteiger partial charge < -0.3 is 10.5 Å². The smallest absolute Gasteiger partial charge is 0.404 e. The van der Waals surface area contributed by atoms with Crippen LogP contribution in [0.4, 0.5) is 13.2 Å². The number of nitrogens with two attached hydrogens (primary N) is 1. The van der Waals surface area contributed by atoms with Crippen molar-refractivity contribution in [3.63, 3.8) is 0 Å². The molecule has 3 atom stereocenters. The van der Waals surface area contributed by atoms with Crippen LogP contribution in [0.3, 0.4) is 0 Å². The highest BCUT2D eigenvalue weighted by atomic mass is 19.4. The summed E-state index contributed by atoms with van der Waals surface area (Å²) in [6.45, 7) is 5.64. The van der Waals surface area contributed by atoms with Gasteiger partial charge in [0.2, 0.25) is 0 Å². The Morgan fingerprint density at radius 1 is 1.00 bits per heavy atom. The fourth-order valence-corrected chi connectivity index (χ4v) is 2.54. The Balaban J connectivity index is 4.33. The van der Waals surface area contributed by atoms with Gasteiger partial charge in [-0.3, -0.25) is 4.79 Å². The summed E-state index contributed by atoms with van der Waals surface area (Å²) < 4.78 is 43.8. The number of unbranched alkanes of at least 4 members (excludes halogenated alkanes) is 7. The summed E-state index contributed by atoms with van der Waals surface area (Å²) in [5.41, 5.74) is 5.28. The van der Waals surface area contributed by atoms with Gasteiger partial charge in [-0.05, 0) is 19.8 Å². The normalized spacial score (nSPS) is 15.8. The van der Waals surface area contributed by atoms with Crippen molar-refractivity contribution in [1.82, 2.24) is 0 Å². The summed E-state index contributed by atoms with van der Waals surface area (Å²) in [7, 11) is 0. The monoisotopic (exact) mass is 353 g/mol. The zero-order valence-corrected chi connectivity index (χ0v) is 15.3. The SMILES string of the molecule is CCCCCCCCCC[C@H](C(=O)OC(C)CC)[C@H](N)C(F)(F)F. The van der Waals surface area contributed by atoms with Gasteiger partial charge in [-0.2, -0.15) is 13.2 Å². The molecule has 1 unspecified atom stereocenters. The van der Waals surface area contributed by atoms with Crippen molar-refractivity contribution in [1.29, 1.82) is 0 Å². The Kier molecular flexibility index (Phi) is 12.2. The van der Waals surface area contributed by atoms with E-state index in [9.17, 15) is 18.0 Å². The number of rotatable bonds is 13. The number of halogens is 3. The molecule has 6 heteroatoms. The van der Waals surface area contributed by atoms with Crippen LogP contribution in [-0.4, -0.2) is 24.3 Å². The standard InChI is InChI=1S/C18H34F3NO2/c1-4-6-7-8-9-10-11-12-13-15(16(22)18(19,20)21)17(23)24-14(3)5-2/h14-16H,4-13,22H2,1-3H3/t14?,15-,16-/m0/s1. The molecular formula is C18H34F3NO2. The van der Waals surface area contributed by atoms with Gasteiger partial charge in [0, 0.05) is 0 Å². The van der Waals surface area contributed by atoms with Crippen LogP contribution in [0.5, 0.6) is 0 Å². The zero-order valence-electron chi connectivity index (χ0n) is 15.3. The molecule has 144 valence electrons. The molecule has 0 aromatic rings. The Hall–Kier alpha value is -0.780. The summed E-state index contributed by atoms with van der Waals surface area (Å²) in [5.74, 6) is -2.13. The molecule has 2 N–H and O–H groups in total. The first-order chi connectivity index (χ1) is 11.2. The minimum Gasteiger partial charge on any atom is -0.462 e. The molecule has 0 aromatic carbocycles. The average molecular weight is 353 g/mol. The van der Waals surface area contributed by atoms with Gasteiger partial charge in [-0.25, -0.2) is 0 Å². The molecule has 0 bridgehead atoms. The lowest BCUT2D eigenvalue weighted by molar-refractivity contribution is -0.179. The molecule has 0 aromatic heterocycles. The molecule has 0 aliphatic carbocycles. The van der Waals surface area contributed by atoms with E-state index >= 15 is 0 Å². The summed E-state index contributed by atoms with van der Waals surface area (Å²) in [6.07, 6.45) is 3.97. The van der Waals surface area contributed by atoms with E-state index < -0.39 is 24.1 Å². The summed E-state index contributed by atoms with van der Waals surface area (Å²) in [4.78, 5) is 12.0. The van der Waals surface area contributed by atoms with Gasteiger partial charge in [0.05, 0.1) is 12.0 Å². The van der Waals surface area contributed by atoms with Gasteiger partial charge in [0.1, 0.15) is 6.04 Å². The second kappa shape index (κ2) is 12.6. The van der Waals surface area contributed by atoms with Gasteiger partial charge in [0.15, 0.2) is 0 Å². The van der Waals surface area contributed by atoms with E-state index in [1.807, 2.05) is 6.92 Å². The summed E-state index contributed by atoms with van der Waals surface area (Å²) in [6, 6.07) is -2.15. The van der Waals surface area contributed by atoms with Gasteiger partial charge in [-0.1, -0.05) is 65.2 Å². The minimum atomic E-state index is -4.58. The van der Waals surface area contributed by atoms with Crippen molar-refractivity contribution < 1.29 is 22.7 Å². The van der Waals surface area contributed by atoms with Crippen molar-refractivity contribution in [2.24, 2.45) is 11.7 Å². The zero-order chi connectivity index (χ0) is 18.6. The largest absolute Gasteiger partial charge is 0.462 e. The molecule has 0 aliphatic heterocycles. The molecule has 0 saturated heterocycles. The van der Waals surface area contributed by atoms with Crippen molar-refractivity contribution in [2.45, 2.75) is 103 Å². The minimum absolute atomic E-state index is 0.130. The van der Waals surface area contributed by atoms with Crippen LogP contribution in [0.25, 0.3) is 0 Å². The van der Waals surface area contributed by atoms with E-state index in [-0.39, 0.29) is 12.5 Å². The lowest BCUT2D eigenvalue weighted by Crippen LogP contribution is -2.47. The Labute approximate surface area is 144 Å². The van der Waals surface area contributed by atoms with Crippen LogP contribution in [0.15, 0.2) is 0 Å². The van der Waals surface area contributed by atoms with E-state index in [1.165, 1.54) is 19.3 Å². The molecule has 0 spiro atoms. The average Bonchev–Trinajstić information content (AvgIpc) is 2.51. The highest BCUT2D eigenvalue weighted by Crippen LogP contribution is 2.28. The van der Waals surface area contributed by atoms with Crippen LogP contribution in [0, 0.1) is 5.92 Å². The highest BCUT2D eigenvalue weighted by Gasteiger charge is 2.45. The van der Waals surface area contributed by atoms with Gasteiger partial charge in [0.25, 0.3) is 0 Å². The fraction of sp³-hybridized carbons (Fsp3) is 0.944. The van der Waals surface area contributed by atoms with Crippen molar-refractivity contribution in [3.8, 4) is 0 Å². The maximum Gasteiger partial charge on any atom is 0.404 e. The molecule has 0 heterocycles. The van der Waals surface area contributed by atoms with E-state index in [4.69, 9.17) is 10.5 Å². The fourth-order valence-electron chi connectivity index (χ4n) is 2.54. The van der Waals surface area contributed by atoms with Crippen LogP contribution in [0.2, 0.25) is 0 Å². The number of carbonyl (C=O) groups is 1. The van der Waals surface area contributed by atoms with Crippen LogP contribution in [0.1, 0.15) is 85.0 Å². The summed E-state index contributed by atoms with van der Waals surface area (Å²) >= 11 is 0.